The summed E-state index contributed by atoms with van der Waals surface area (Å²) in [4.78, 5) is 10.5. The standard InChI is InChI=1S/C19H19ClN4O2S/c1-24(2)17-8-6-15(7-9-17)18-19(22-11-10-21-18)23-27(25,26)13-14-4-3-5-16(20)12-14/h3-12H,13H2,1-2H3,(H,22,23). The highest BCUT2D eigenvalue weighted by Gasteiger charge is 2.17. The molecule has 0 aliphatic heterocycles. The van der Waals surface area contributed by atoms with Crippen LogP contribution in [0.5, 0.6) is 0 Å². The topological polar surface area (TPSA) is 75.2 Å². The third kappa shape index (κ3) is 4.96. The summed E-state index contributed by atoms with van der Waals surface area (Å²) in [5.41, 5.74) is 2.87. The quantitative estimate of drug-likeness (QED) is 0.678. The molecule has 0 atom stereocenters. The van der Waals surface area contributed by atoms with Crippen LogP contribution in [0.2, 0.25) is 5.02 Å². The maximum absolute atomic E-state index is 12.6. The van der Waals surface area contributed by atoms with E-state index in [0.29, 0.717) is 16.3 Å². The van der Waals surface area contributed by atoms with Gasteiger partial charge in [-0.3, -0.25) is 9.71 Å². The van der Waals surface area contributed by atoms with E-state index in [0.717, 1.165) is 11.3 Å². The van der Waals surface area contributed by atoms with E-state index >= 15 is 0 Å². The molecule has 3 aromatic rings. The van der Waals surface area contributed by atoms with E-state index in [9.17, 15) is 8.42 Å². The van der Waals surface area contributed by atoms with Gasteiger partial charge in [0.1, 0.15) is 5.69 Å². The first kappa shape index (κ1) is 19.1. The minimum absolute atomic E-state index is 0.192. The summed E-state index contributed by atoms with van der Waals surface area (Å²) < 4.78 is 27.7. The van der Waals surface area contributed by atoms with Crippen LogP contribution in [0.4, 0.5) is 11.5 Å². The third-order valence-electron chi connectivity index (χ3n) is 3.85. The summed E-state index contributed by atoms with van der Waals surface area (Å²) in [5.74, 6) is -0.0134. The first-order valence-corrected chi connectivity index (χ1v) is 10.2. The smallest absolute Gasteiger partial charge is 0.238 e. The summed E-state index contributed by atoms with van der Waals surface area (Å²) in [6.07, 6.45) is 2.99. The second-order valence-corrected chi connectivity index (χ2v) is 8.34. The number of sulfonamides is 1. The van der Waals surface area contributed by atoms with Gasteiger partial charge in [-0.2, -0.15) is 0 Å². The molecule has 0 aliphatic carbocycles. The number of benzene rings is 2. The van der Waals surface area contributed by atoms with Gasteiger partial charge in [-0.1, -0.05) is 35.9 Å². The maximum Gasteiger partial charge on any atom is 0.238 e. The van der Waals surface area contributed by atoms with Crippen LogP contribution < -0.4 is 9.62 Å². The fourth-order valence-electron chi connectivity index (χ4n) is 2.57. The van der Waals surface area contributed by atoms with E-state index in [1.165, 1.54) is 12.4 Å². The van der Waals surface area contributed by atoms with E-state index < -0.39 is 10.0 Å². The molecular formula is C19H19ClN4O2S. The zero-order valence-corrected chi connectivity index (χ0v) is 16.5. The highest BCUT2D eigenvalue weighted by molar-refractivity contribution is 7.91. The van der Waals surface area contributed by atoms with Gasteiger partial charge in [0.2, 0.25) is 10.0 Å². The first-order chi connectivity index (χ1) is 12.8. The average Bonchev–Trinajstić information content (AvgIpc) is 2.61. The van der Waals surface area contributed by atoms with Crippen LogP contribution in [0.25, 0.3) is 11.3 Å². The summed E-state index contributed by atoms with van der Waals surface area (Å²) >= 11 is 5.93. The van der Waals surface area contributed by atoms with Gasteiger partial charge in [-0.05, 0) is 29.8 Å². The molecule has 140 valence electrons. The number of anilines is 2. The maximum atomic E-state index is 12.6. The molecule has 2 aromatic carbocycles. The molecule has 27 heavy (non-hydrogen) atoms. The Morgan fingerprint density at radius 1 is 1.04 bits per heavy atom. The van der Waals surface area contributed by atoms with Crippen molar-refractivity contribution in [2.75, 3.05) is 23.7 Å². The normalized spacial score (nSPS) is 11.2. The molecule has 0 saturated carbocycles. The van der Waals surface area contributed by atoms with E-state index in [2.05, 4.69) is 14.7 Å². The fourth-order valence-corrected chi connectivity index (χ4v) is 3.92. The molecule has 0 fully saturated rings. The number of hydrogen-bond donors (Lipinski definition) is 1. The molecule has 0 spiro atoms. The van der Waals surface area contributed by atoms with Crippen LogP contribution in [-0.2, 0) is 15.8 Å². The minimum Gasteiger partial charge on any atom is -0.378 e. The Morgan fingerprint density at radius 3 is 2.41 bits per heavy atom. The van der Waals surface area contributed by atoms with Gasteiger partial charge in [0.05, 0.1) is 5.75 Å². The van der Waals surface area contributed by atoms with Gasteiger partial charge in [-0.15, -0.1) is 0 Å². The van der Waals surface area contributed by atoms with Crippen LogP contribution >= 0.6 is 11.6 Å². The lowest BCUT2D eigenvalue weighted by atomic mass is 10.1. The molecule has 0 aliphatic rings. The molecule has 8 heteroatoms. The molecule has 0 bridgehead atoms. The van der Waals surface area contributed by atoms with Gasteiger partial charge < -0.3 is 4.90 Å². The van der Waals surface area contributed by atoms with Crippen molar-refractivity contribution < 1.29 is 8.42 Å². The number of aromatic nitrogens is 2. The van der Waals surface area contributed by atoms with Crippen molar-refractivity contribution >= 4 is 33.1 Å². The van der Waals surface area contributed by atoms with E-state index in [1.54, 1.807) is 24.3 Å². The van der Waals surface area contributed by atoms with Gasteiger partial charge >= 0.3 is 0 Å². The van der Waals surface area contributed by atoms with E-state index in [-0.39, 0.29) is 11.6 Å². The largest absolute Gasteiger partial charge is 0.378 e. The van der Waals surface area contributed by atoms with Crippen LogP contribution in [-0.4, -0.2) is 32.5 Å². The Morgan fingerprint density at radius 2 is 1.74 bits per heavy atom. The van der Waals surface area contributed by atoms with Gasteiger partial charge in [0, 0.05) is 42.8 Å². The monoisotopic (exact) mass is 402 g/mol. The van der Waals surface area contributed by atoms with Crippen molar-refractivity contribution in [1.82, 2.24) is 9.97 Å². The molecular weight excluding hydrogens is 384 g/mol. The highest BCUT2D eigenvalue weighted by Crippen LogP contribution is 2.26. The number of rotatable bonds is 6. The summed E-state index contributed by atoms with van der Waals surface area (Å²) in [6.45, 7) is 0. The lowest BCUT2D eigenvalue weighted by molar-refractivity contribution is 0.600. The predicted molar refractivity (Wildman–Crippen MR) is 109 cm³/mol. The molecule has 3 rings (SSSR count). The molecule has 0 amide bonds. The van der Waals surface area contributed by atoms with Crippen molar-refractivity contribution in [3.63, 3.8) is 0 Å². The Hall–Kier alpha value is -2.64. The van der Waals surface area contributed by atoms with E-state index in [1.807, 2.05) is 43.3 Å². The molecule has 1 aromatic heterocycles. The second-order valence-electron chi connectivity index (χ2n) is 6.19. The fraction of sp³-hybridized carbons (Fsp3) is 0.158. The second kappa shape index (κ2) is 7.94. The Kier molecular flexibility index (Phi) is 5.62. The number of halogens is 1. The third-order valence-corrected chi connectivity index (χ3v) is 5.31. The molecule has 0 radical (unpaired) electrons. The van der Waals surface area contributed by atoms with Crippen molar-refractivity contribution in [2.24, 2.45) is 0 Å². The summed E-state index contributed by atoms with van der Waals surface area (Å²) in [5, 5.41) is 0.490. The molecule has 1 N–H and O–H groups in total. The molecule has 6 nitrogen and oxygen atoms in total. The first-order valence-electron chi connectivity index (χ1n) is 8.18. The lowest BCUT2D eigenvalue weighted by Gasteiger charge is -2.14. The van der Waals surface area contributed by atoms with Crippen LogP contribution in [0.15, 0.2) is 60.9 Å². The van der Waals surface area contributed by atoms with Crippen LogP contribution in [0.3, 0.4) is 0 Å². The number of nitrogens with zero attached hydrogens (tertiary/aromatic N) is 3. The highest BCUT2D eigenvalue weighted by atomic mass is 35.5. The lowest BCUT2D eigenvalue weighted by Crippen LogP contribution is -2.17. The zero-order chi connectivity index (χ0) is 19.4. The summed E-state index contributed by atoms with van der Waals surface area (Å²) in [6, 6.07) is 14.4. The molecule has 0 saturated heterocycles. The van der Waals surface area contributed by atoms with Crippen molar-refractivity contribution in [3.05, 3.63) is 71.5 Å². The van der Waals surface area contributed by atoms with Crippen molar-refractivity contribution in [2.45, 2.75) is 5.75 Å². The van der Waals surface area contributed by atoms with E-state index in [4.69, 9.17) is 11.6 Å². The van der Waals surface area contributed by atoms with Gasteiger partial charge in [0.15, 0.2) is 5.82 Å². The van der Waals surface area contributed by atoms with Crippen molar-refractivity contribution in [3.8, 4) is 11.3 Å². The van der Waals surface area contributed by atoms with Gasteiger partial charge in [-0.25, -0.2) is 13.4 Å². The van der Waals surface area contributed by atoms with Gasteiger partial charge in [0.25, 0.3) is 0 Å². The SMILES string of the molecule is CN(C)c1ccc(-c2nccnc2NS(=O)(=O)Cc2cccc(Cl)c2)cc1. The molecule has 0 unspecified atom stereocenters. The zero-order valence-electron chi connectivity index (χ0n) is 14.9. The number of nitrogens with one attached hydrogen (secondary N) is 1. The Labute approximate surface area is 163 Å². The van der Waals surface area contributed by atoms with Crippen LogP contribution in [0, 0.1) is 0 Å². The number of hydrogen-bond acceptors (Lipinski definition) is 5. The average molecular weight is 403 g/mol. The predicted octanol–water partition coefficient (Wildman–Crippen LogP) is 3.80. The molecule has 1 heterocycles. The van der Waals surface area contributed by atoms with Crippen molar-refractivity contribution in [1.29, 1.82) is 0 Å². The van der Waals surface area contributed by atoms with Crippen LogP contribution in [0.1, 0.15) is 5.56 Å². The Bertz CT molecular complexity index is 1040. The summed E-state index contributed by atoms with van der Waals surface area (Å²) in [7, 11) is 0.226. The Balaban J connectivity index is 1.87. The minimum atomic E-state index is -3.68.